The zero-order valence-electron chi connectivity index (χ0n) is 13.3. The predicted molar refractivity (Wildman–Crippen MR) is 87.6 cm³/mol. The minimum atomic E-state index is -0.495. The van der Waals surface area contributed by atoms with Gasteiger partial charge < -0.3 is 9.47 Å². The van der Waals surface area contributed by atoms with Gasteiger partial charge in [-0.3, -0.25) is 4.90 Å². The topological polar surface area (TPSA) is 55.6 Å². The molecule has 1 fully saturated rings. The first-order valence-corrected chi connectivity index (χ1v) is 7.90. The Labute approximate surface area is 139 Å². The molecule has 1 saturated heterocycles. The third-order valence-corrected chi connectivity index (χ3v) is 4.66. The number of hydrogen-bond donors (Lipinski definition) is 0. The Kier molecular flexibility index (Phi) is 3.49. The lowest BCUT2D eigenvalue weighted by Gasteiger charge is -2.14. The number of rotatable bonds is 3. The highest BCUT2D eigenvalue weighted by Crippen LogP contribution is 2.44. The van der Waals surface area contributed by atoms with Crippen LogP contribution in [0.25, 0.3) is 11.1 Å². The first kappa shape index (κ1) is 14.8. The molecule has 0 aromatic heterocycles. The maximum Gasteiger partial charge on any atom is 0.410 e. The Hall–Kier alpha value is -2.82. The normalized spacial score (nSPS) is 17.9. The van der Waals surface area contributed by atoms with Gasteiger partial charge >= 0.3 is 12.1 Å². The maximum absolute atomic E-state index is 12.1. The fraction of sp³-hybridized carbons (Fsp3) is 0.263. The number of ether oxygens (including phenoxy) is 2. The molecular formula is C19H17NO4. The van der Waals surface area contributed by atoms with Gasteiger partial charge in [0, 0.05) is 5.92 Å². The predicted octanol–water partition coefficient (Wildman–Crippen LogP) is 2.79. The number of benzene rings is 2. The van der Waals surface area contributed by atoms with Crippen LogP contribution in [0.5, 0.6) is 0 Å². The van der Waals surface area contributed by atoms with Gasteiger partial charge in [-0.1, -0.05) is 48.5 Å². The van der Waals surface area contributed by atoms with Gasteiger partial charge in [-0.2, -0.15) is 0 Å². The van der Waals surface area contributed by atoms with Gasteiger partial charge in [0.25, 0.3) is 0 Å². The second-order valence-corrected chi connectivity index (χ2v) is 6.00. The summed E-state index contributed by atoms with van der Waals surface area (Å²) >= 11 is 0. The van der Waals surface area contributed by atoms with Crippen molar-refractivity contribution in [2.45, 2.75) is 12.0 Å². The highest BCUT2D eigenvalue weighted by atomic mass is 16.6. The van der Waals surface area contributed by atoms with Crippen LogP contribution in [-0.2, 0) is 14.3 Å². The van der Waals surface area contributed by atoms with E-state index in [2.05, 4.69) is 29.0 Å². The second-order valence-electron chi connectivity index (χ2n) is 6.00. The molecule has 1 amide bonds. The summed E-state index contributed by atoms with van der Waals surface area (Å²) in [6, 6.07) is 15.9. The first-order chi connectivity index (χ1) is 11.7. The molecule has 2 aromatic carbocycles. The molecule has 1 heterocycles. The lowest BCUT2D eigenvalue weighted by molar-refractivity contribution is -0.140. The van der Waals surface area contributed by atoms with Crippen LogP contribution in [0.2, 0.25) is 0 Å². The third-order valence-electron chi connectivity index (χ3n) is 4.66. The Balaban J connectivity index is 1.49. The summed E-state index contributed by atoms with van der Waals surface area (Å²) in [5.74, 6) is -0.374. The molecule has 122 valence electrons. The van der Waals surface area contributed by atoms with E-state index in [1.54, 1.807) is 0 Å². The summed E-state index contributed by atoms with van der Waals surface area (Å²) in [7, 11) is 1.32. The van der Waals surface area contributed by atoms with Gasteiger partial charge in [-0.15, -0.1) is 0 Å². The van der Waals surface area contributed by atoms with Crippen molar-refractivity contribution >= 4 is 12.1 Å². The number of fused-ring (bicyclic) bond motifs is 3. The van der Waals surface area contributed by atoms with E-state index in [0.717, 1.165) is 0 Å². The molecule has 0 bridgehead atoms. The van der Waals surface area contributed by atoms with Crippen molar-refractivity contribution in [2.24, 2.45) is 0 Å². The van der Waals surface area contributed by atoms with E-state index in [0.29, 0.717) is 6.54 Å². The van der Waals surface area contributed by atoms with E-state index in [1.807, 2.05) is 24.3 Å². The van der Waals surface area contributed by atoms with Crippen molar-refractivity contribution in [1.82, 2.24) is 4.90 Å². The van der Waals surface area contributed by atoms with Gasteiger partial charge in [0.05, 0.1) is 13.7 Å². The van der Waals surface area contributed by atoms with E-state index < -0.39 is 18.1 Å². The summed E-state index contributed by atoms with van der Waals surface area (Å²) < 4.78 is 10.1. The van der Waals surface area contributed by atoms with Gasteiger partial charge in [-0.25, -0.2) is 9.59 Å². The van der Waals surface area contributed by atoms with E-state index in [-0.39, 0.29) is 12.5 Å². The van der Waals surface area contributed by atoms with Crippen LogP contribution in [0.1, 0.15) is 17.0 Å². The van der Waals surface area contributed by atoms with Gasteiger partial charge in [0.2, 0.25) is 0 Å². The van der Waals surface area contributed by atoms with Gasteiger partial charge in [0.1, 0.15) is 6.61 Å². The van der Waals surface area contributed by atoms with E-state index in [9.17, 15) is 9.59 Å². The standard InChI is InChI=1S/C19H17NO4/c1-23-18(21)17-10-20(17)19(22)24-11-16-14-8-4-2-6-12(14)13-7-3-5-9-15(13)16/h2-9,16-17H,10-11H2,1H3/t17-,20?/m1/s1. The van der Waals surface area contributed by atoms with E-state index in [4.69, 9.17) is 4.74 Å². The molecule has 0 saturated carbocycles. The third kappa shape index (κ3) is 2.33. The molecule has 1 atom stereocenters. The van der Waals surface area contributed by atoms with Crippen molar-refractivity contribution in [2.75, 3.05) is 20.3 Å². The number of esters is 1. The number of amides is 1. The summed E-state index contributed by atoms with van der Waals surface area (Å²) in [5, 5.41) is 0. The molecule has 5 nitrogen and oxygen atoms in total. The molecule has 4 rings (SSSR count). The number of carbonyl (C=O) groups is 2. The molecule has 0 spiro atoms. The Bertz CT molecular complexity index is 771. The van der Waals surface area contributed by atoms with Gasteiger partial charge in [0.15, 0.2) is 6.04 Å². The van der Waals surface area contributed by atoms with Crippen molar-refractivity contribution in [3.63, 3.8) is 0 Å². The number of nitrogens with zero attached hydrogens (tertiary/aromatic N) is 1. The minimum Gasteiger partial charge on any atom is -0.467 e. The lowest BCUT2D eigenvalue weighted by Crippen LogP contribution is -2.22. The molecule has 0 radical (unpaired) electrons. The molecule has 24 heavy (non-hydrogen) atoms. The monoisotopic (exact) mass is 323 g/mol. The van der Waals surface area contributed by atoms with Crippen molar-refractivity contribution in [3.05, 3.63) is 59.7 Å². The van der Waals surface area contributed by atoms with Crippen LogP contribution in [0.3, 0.4) is 0 Å². The minimum absolute atomic E-state index is 0.0258. The van der Waals surface area contributed by atoms with Crippen LogP contribution in [0, 0.1) is 0 Å². The van der Waals surface area contributed by atoms with Crippen molar-refractivity contribution in [1.29, 1.82) is 0 Å². The molecular weight excluding hydrogens is 306 g/mol. The smallest absolute Gasteiger partial charge is 0.410 e. The lowest BCUT2D eigenvalue weighted by atomic mass is 9.98. The number of carbonyl (C=O) groups excluding carboxylic acids is 2. The highest BCUT2D eigenvalue weighted by Gasteiger charge is 2.46. The zero-order chi connectivity index (χ0) is 16.7. The summed E-state index contributed by atoms with van der Waals surface area (Å²) in [5.41, 5.74) is 4.71. The van der Waals surface area contributed by atoms with Crippen LogP contribution in [0.4, 0.5) is 4.79 Å². The fourth-order valence-corrected chi connectivity index (χ4v) is 3.36. The first-order valence-electron chi connectivity index (χ1n) is 7.90. The summed E-state index contributed by atoms with van der Waals surface area (Å²) in [6.07, 6.45) is -0.465. The van der Waals surface area contributed by atoms with Crippen LogP contribution in [0.15, 0.2) is 48.5 Å². The summed E-state index contributed by atoms with van der Waals surface area (Å²) in [4.78, 5) is 24.9. The molecule has 1 aliphatic carbocycles. The molecule has 5 heteroatoms. The largest absolute Gasteiger partial charge is 0.467 e. The highest BCUT2D eigenvalue weighted by molar-refractivity contribution is 5.87. The number of hydrogen-bond acceptors (Lipinski definition) is 4. The van der Waals surface area contributed by atoms with Crippen LogP contribution < -0.4 is 0 Å². The fourth-order valence-electron chi connectivity index (χ4n) is 3.36. The Morgan fingerprint density at radius 1 is 1.04 bits per heavy atom. The quantitative estimate of drug-likeness (QED) is 0.644. The molecule has 2 aromatic rings. The maximum atomic E-state index is 12.1. The molecule has 0 N–H and O–H groups in total. The Morgan fingerprint density at radius 3 is 2.21 bits per heavy atom. The Morgan fingerprint density at radius 2 is 1.62 bits per heavy atom. The average molecular weight is 323 g/mol. The summed E-state index contributed by atoms with van der Waals surface area (Å²) in [6.45, 7) is 0.626. The van der Waals surface area contributed by atoms with Crippen molar-refractivity contribution < 1.29 is 19.1 Å². The van der Waals surface area contributed by atoms with Crippen LogP contribution in [-0.4, -0.2) is 43.3 Å². The van der Waals surface area contributed by atoms with Gasteiger partial charge in [-0.05, 0) is 22.3 Å². The molecule has 0 unspecified atom stereocenters. The average Bonchev–Trinajstić information content (AvgIpc) is 3.37. The molecule has 1 aliphatic heterocycles. The van der Waals surface area contributed by atoms with Crippen molar-refractivity contribution in [3.8, 4) is 11.1 Å². The van der Waals surface area contributed by atoms with E-state index >= 15 is 0 Å². The second kappa shape index (κ2) is 5.67. The molecule has 2 aliphatic rings. The zero-order valence-corrected chi connectivity index (χ0v) is 13.3. The number of methoxy groups -OCH3 is 1. The van der Waals surface area contributed by atoms with E-state index in [1.165, 1.54) is 34.3 Å². The SMILES string of the molecule is COC(=O)[C@H]1CN1C(=O)OCC1c2ccccc2-c2ccccc21. The van der Waals surface area contributed by atoms with Crippen LogP contribution >= 0.6 is 0 Å².